The van der Waals surface area contributed by atoms with Gasteiger partial charge in [0.15, 0.2) is 5.69 Å². The molecule has 2 aromatic carbocycles. The summed E-state index contributed by atoms with van der Waals surface area (Å²) in [7, 11) is 0. The Balaban J connectivity index is 1.83. The van der Waals surface area contributed by atoms with Crippen molar-refractivity contribution in [3.8, 4) is 5.69 Å². The van der Waals surface area contributed by atoms with E-state index in [1.807, 2.05) is 6.92 Å². The molecule has 3 aromatic rings. The molecule has 0 aliphatic rings. The highest BCUT2D eigenvalue weighted by atomic mass is 16.6. The summed E-state index contributed by atoms with van der Waals surface area (Å²) in [6.07, 6.45) is 0. The number of hydrogen-bond donors (Lipinski definition) is 2. The predicted molar refractivity (Wildman–Crippen MR) is 105 cm³/mol. The van der Waals surface area contributed by atoms with Gasteiger partial charge in [-0.25, -0.2) is 4.68 Å². The minimum Gasteiger partial charge on any atom is -0.352 e. The third-order valence-corrected chi connectivity index (χ3v) is 4.11. The second-order valence-electron chi connectivity index (χ2n) is 6.11. The maximum absolute atomic E-state index is 12.6. The molecule has 0 bridgehead atoms. The van der Waals surface area contributed by atoms with Gasteiger partial charge in [0.25, 0.3) is 17.5 Å². The third kappa shape index (κ3) is 4.26. The Morgan fingerprint density at radius 2 is 1.90 bits per heavy atom. The molecule has 0 atom stereocenters. The van der Waals surface area contributed by atoms with Gasteiger partial charge in [-0.2, -0.15) is 0 Å². The van der Waals surface area contributed by atoms with Crippen molar-refractivity contribution in [1.29, 1.82) is 0 Å². The first-order valence-electron chi connectivity index (χ1n) is 8.77. The van der Waals surface area contributed by atoms with Crippen molar-refractivity contribution in [1.82, 2.24) is 20.3 Å². The molecule has 148 valence electrons. The summed E-state index contributed by atoms with van der Waals surface area (Å²) in [6.45, 7) is 3.95. The second kappa shape index (κ2) is 8.30. The van der Waals surface area contributed by atoms with E-state index < -0.39 is 10.8 Å². The highest BCUT2D eigenvalue weighted by molar-refractivity contribution is 6.04. The van der Waals surface area contributed by atoms with Gasteiger partial charge in [0.05, 0.1) is 16.3 Å². The number of non-ortho nitro benzene ring substituents is 1. The smallest absolute Gasteiger partial charge is 0.278 e. The van der Waals surface area contributed by atoms with Crippen molar-refractivity contribution in [2.45, 2.75) is 13.8 Å². The van der Waals surface area contributed by atoms with Crippen LogP contribution >= 0.6 is 0 Å². The minimum absolute atomic E-state index is 0.0694. The number of carbonyl (C=O) groups excluding carboxylic acids is 2. The predicted octanol–water partition coefficient (Wildman–Crippen LogP) is 2.49. The van der Waals surface area contributed by atoms with Crippen LogP contribution in [0.1, 0.15) is 33.5 Å². The van der Waals surface area contributed by atoms with Crippen LogP contribution in [-0.2, 0) is 0 Å². The van der Waals surface area contributed by atoms with E-state index in [4.69, 9.17) is 0 Å². The zero-order chi connectivity index (χ0) is 21.0. The molecule has 10 heteroatoms. The molecule has 1 heterocycles. The number of anilines is 1. The van der Waals surface area contributed by atoms with E-state index >= 15 is 0 Å². The van der Waals surface area contributed by atoms with Crippen LogP contribution in [0.15, 0.2) is 48.5 Å². The van der Waals surface area contributed by atoms with E-state index in [9.17, 15) is 19.7 Å². The summed E-state index contributed by atoms with van der Waals surface area (Å²) >= 11 is 0. The van der Waals surface area contributed by atoms with Crippen molar-refractivity contribution in [3.05, 3.63) is 75.6 Å². The minimum atomic E-state index is -0.509. The molecular weight excluding hydrogens is 376 g/mol. The van der Waals surface area contributed by atoms with Crippen molar-refractivity contribution in [3.63, 3.8) is 0 Å². The Hall–Kier alpha value is -4.08. The van der Waals surface area contributed by atoms with Crippen LogP contribution in [0.25, 0.3) is 5.69 Å². The molecule has 10 nitrogen and oxygen atoms in total. The Kier molecular flexibility index (Phi) is 5.63. The molecule has 0 fully saturated rings. The first-order valence-corrected chi connectivity index (χ1v) is 8.77. The Morgan fingerprint density at radius 3 is 2.62 bits per heavy atom. The number of nitrogens with one attached hydrogen (secondary N) is 2. The summed E-state index contributed by atoms with van der Waals surface area (Å²) in [6, 6.07) is 12.4. The number of hydrogen-bond acceptors (Lipinski definition) is 6. The normalized spacial score (nSPS) is 10.4. The van der Waals surface area contributed by atoms with Gasteiger partial charge >= 0.3 is 0 Å². The number of amides is 2. The van der Waals surface area contributed by atoms with Crippen molar-refractivity contribution in [2.24, 2.45) is 0 Å². The lowest BCUT2D eigenvalue weighted by atomic mass is 10.2. The molecule has 0 aliphatic carbocycles. The largest absolute Gasteiger partial charge is 0.352 e. The van der Waals surface area contributed by atoms with E-state index in [-0.39, 0.29) is 17.3 Å². The lowest BCUT2D eigenvalue weighted by Gasteiger charge is -2.07. The summed E-state index contributed by atoms with van der Waals surface area (Å²) in [5, 5.41) is 24.2. The lowest BCUT2D eigenvalue weighted by Crippen LogP contribution is -2.23. The molecular formula is C19H18N6O4. The van der Waals surface area contributed by atoms with Crippen LogP contribution in [0.4, 0.5) is 11.4 Å². The monoisotopic (exact) mass is 394 g/mol. The molecule has 0 unspecified atom stereocenters. The Labute approximate surface area is 165 Å². The molecule has 0 saturated carbocycles. The van der Waals surface area contributed by atoms with Crippen LogP contribution in [0.2, 0.25) is 0 Å². The number of nitro benzene ring substituents is 1. The van der Waals surface area contributed by atoms with Gasteiger partial charge in [-0.1, -0.05) is 17.3 Å². The van der Waals surface area contributed by atoms with Crippen molar-refractivity contribution >= 4 is 23.2 Å². The topological polar surface area (TPSA) is 132 Å². The molecule has 3 rings (SSSR count). The standard InChI is InChI=1S/C19H18N6O4/c1-3-20-18(26)13-6-4-7-14(10-13)21-19(27)17-12(2)24(23-22-17)15-8-5-9-16(11-15)25(28)29/h4-11H,3H2,1-2H3,(H,20,26)(H,21,27). The van der Waals surface area contributed by atoms with Gasteiger partial charge < -0.3 is 10.6 Å². The Morgan fingerprint density at radius 1 is 1.14 bits per heavy atom. The first kappa shape index (κ1) is 19.7. The van der Waals surface area contributed by atoms with Gasteiger partial charge in [-0.15, -0.1) is 5.10 Å². The number of aromatic nitrogens is 3. The van der Waals surface area contributed by atoms with Gasteiger partial charge in [0.2, 0.25) is 0 Å². The Bertz CT molecular complexity index is 1090. The quantitative estimate of drug-likeness (QED) is 0.488. The summed E-state index contributed by atoms with van der Waals surface area (Å²) in [4.78, 5) is 35.0. The van der Waals surface area contributed by atoms with Crippen LogP contribution in [-0.4, -0.2) is 38.3 Å². The second-order valence-corrected chi connectivity index (χ2v) is 6.11. The van der Waals surface area contributed by atoms with Crippen LogP contribution in [0.3, 0.4) is 0 Å². The summed E-state index contributed by atoms with van der Waals surface area (Å²) in [5.41, 5.74) is 1.67. The molecule has 0 spiro atoms. The number of carbonyl (C=O) groups is 2. The van der Waals surface area contributed by atoms with E-state index in [2.05, 4.69) is 20.9 Å². The fourth-order valence-electron chi connectivity index (χ4n) is 2.71. The zero-order valence-corrected chi connectivity index (χ0v) is 15.7. The molecule has 0 saturated heterocycles. The lowest BCUT2D eigenvalue weighted by molar-refractivity contribution is -0.384. The van der Waals surface area contributed by atoms with E-state index in [0.717, 1.165) is 0 Å². The average Bonchev–Trinajstić information content (AvgIpc) is 3.10. The molecule has 0 aliphatic heterocycles. The fourth-order valence-corrected chi connectivity index (χ4v) is 2.71. The van der Waals surface area contributed by atoms with Gasteiger partial charge in [0.1, 0.15) is 0 Å². The number of nitro groups is 1. The number of nitrogens with zero attached hydrogens (tertiary/aromatic N) is 4. The van der Waals surface area contributed by atoms with Gasteiger partial charge in [0, 0.05) is 29.9 Å². The molecule has 1 aromatic heterocycles. The fraction of sp³-hybridized carbons (Fsp3) is 0.158. The van der Waals surface area contributed by atoms with Crippen LogP contribution in [0, 0.1) is 17.0 Å². The van der Waals surface area contributed by atoms with Gasteiger partial charge in [-0.05, 0) is 38.1 Å². The molecule has 29 heavy (non-hydrogen) atoms. The highest BCUT2D eigenvalue weighted by Gasteiger charge is 2.19. The third-order valence-electron chi connectivity index (χ3n) is 4.11. The van der Waals surface area contributed by atoms with Crippen molar-refractivity contribution < 1.29 is 14.5 Å². The first-order chi connectivity index (χ1) is 13.9. The molecule has 2 amide bonds. The maximum Gasteiger partial charge on any atom is 0.278 e. The SMILES string of the molecule is CCNC(=O)c1cccc(NC(=O)c2nnn(-c3cccc([N+](=O)[O-])c3)c2C)c1. The van der Waals surface area contributed by atoms with Crippen LogP contribution < -0.4 is 10.6 Å². The van der Waals surface area contributed by atoms with Gasteiger partial charge in [-0.3, -0.25) is 19.7 Å². The maximum atomic E-state index is 12.6. The van der Waals surface area contributed by atoms with Crippen LogP contribution in [0.5, 0.6) is 0 Å². The zero-order valence-electron chi connectivity index (χ0n) is 15.7. The summed E-state index contributed by atoms with van der Waals surface area (Å²) in [5.74, 6) is -0.747. The highest BCUT2D eigenvalue weighted by Crippen LogP contribution is 2.19. The molecule has 0 radical (unpaired) electrons. The van der Waals surface area contributed by atoms with E-state index in [1.54, 1.807) is 37.3 Å². The van der Waals surface area contributed by atoms with E-state index in [0.29, 0.717) is 29.2 Å². The average molecular weight is 394 g/mol. The van der Waals surface area contributed by atoms with E-state index in [1.165, 1.54) is 22.9 Å². The van der Waals surface area contributed by atoms with Crippen molar-refractivity contribution in [2.75, 3.05) is 11.9 Å². The molecule has 2 N–H and O–H groups in total. The number of rotatable bonds is 6. The summed E-state index contributed by atoms with van der Waals surface area (Å²) < 4.78 is 1.35. The number of benzene rings is 2.